The molecule has 1 unspecified atom stereocenters. The van der Waals surface area contributed by atoms with Crippen molar-refractivity contribution in [3.8, 4) is 0 Å². The van der Waals surface area contributed by atoms with Crippen LogP contribution in [-0.4, -0.2) is 26.2 Å². The highest BCUT2D eigenvalue weighted by Gasteiger charge is 2.55. The van der Waals surface area contributed by atoms with Gasteiger partial charge in [0.05, 0.1) is 11.4 Å². The van der Waals surface area contributed by atoms with E-state index >= 15 is 0 Å². The highest BCUT2D eigenvalue weighted by molar-refractivity contribution is 7.89. The second-order valence-electron chi connectivity index (χ2n) is 5.79. The maximum atomic E-state index is 13.4. The third kappa shape index (κ3) is 4.02. The Kier molecular flexibility index (Phi) is 5.27. The number of halogens is 3. The van der Waals surface area contributed by atoms with Gasteiger partial charge in [-0.25, -0.2) is 13.1 Å². The molecule has 0 bridgehead atoms. The van der Waals surface area contributed by atoms with E-state index in [1.165, 1.54) is 30.3 Å². The summed E-state index contributed by atoms with van der Waals surface area (Å²) in [5.74, 6) is 0. The van der Waals surface area contributed by atoms with Gasteiger partial charge in [0.15, 0.2) is 5.60 Å². The number of alkyl halides is 3. The third-order valence-electron chi connectivity index (χ3n) is 4.03. The van der Waals surface area contributed by atoms with Gasteiger partial charge in [0.1, 0.15) is 0 Å². The van der Waals surface area contributed by atoms with Crippen LogP contribution in [-0.2, 0) is 15.6 Å². The van der Waals surface area contributed by atoms with Crippen LogP contribution in [0.2, 0.25) is 0 Å². The fraction of sp³-hybridized carbons (Fsp3) is 0.294. The van der Waals surface area contributed by atoms with Gasteiger partial charge in [-0.05, 0) is 42.7 Å². The fourth-order valence-electron chi connectivity index (χ4n) is 2.24. The minimum Gasteiger partial charge on any atom is -0.375 e. The van der Waals surface area contributed by atoms with E-state index < -0.39 is 33.9 Å². The number of rotatable bonds is 5. The van der Waals surface area contributed by atoms with Crippen molar-refractivity contribution in [1.82, 2.24) is 4.72 Å². The van der Waals surface area contributed by atoms with Crippen molar-refractivity contribution in [2.24, 2.45) is 0 Å². The van der Waals surface area contributed by atoms with E-state index in [-0.39, 0.29) is 4.90 Å². The molecule has 0 saturated heterocycles. The number of hydrogen-bond acceptors (Lipinski definition) is 3. The van der Waals surface area contributed by atoms with Gasteiger partial charge in [0, 0.05) is 0 Å². The summed E-state index contributed by atoms with van der Waals surface area (Å²) in [6.45, 7) is 2.26. The Hall–Kier alpha value is -1.90. The molecular formula is C17H18F3NO3S. The number of aliphatic hydroxyl groups is 1. The van der Waals surface area contributed by atoms with Gasteiger partial charge in [-0.2, -0.15) is 13.2 Å². The zero-order valence-corrected chi connectivity index (χ0v) is 14.4. The van der Waals surface area contributed by atoms with Gasteiger partial charge >= 0.3 is 6.18 Å². The lowest BCUT2D eigenvalue weighted by atomic mass is 9.93. The van der Waals surface area contributed by atoms with Crippen LogP contribution in [0.25, 0.3) is 0 Å². The summed E-state index contributed by atoms with van der Waals surface area (Å²) in [6.07, 6.45) is -5.06. The van der Waals surface area contributed by atoms with E-state index in [1.54, 1.807) is 19.9 Å². The normalized spacial score (nSPS) is 15.0. The highest BCUT2D eigenvalue weighted by Crippen LogP contribution is 2.38. The first-order valence-corrected chi connectivity index (χ1v) is 8.87. The molecule has 0 spiro atoms. The Morgan fingerprint density at radius 2 is 1.60 bits per heavy atom. The maximum Gasteiger partial charge on any atom is 0.422 e. The number of aryl methyl sites for hydroxylation is 2. The molecule has 0 aliphatic heterocycles. The van der Waals surface area contributed by atoms with E-state index in [9.17, 15) is 26.7 Å². The molecule has 2 aromatic rings. The first kappa shape index (κ1) is 19.4. The predicted molar refractivity (Wildman–Crippen MR) is 87.5 cm³/mol. The van der Waals surface area contributed by atoms with Crippen molar-refractivity contribution in [2.75, 3.05) is 6.54 Å². The number of benzene rings is 2. The summed E-state index contributed by atoms with van der Waals surface area (Å²) in [6, 6.07) is 10.6. The maximum absolute atomic E-state index is 13.4. The van der Waals surface area contributed by atoms with Crippen LogP contribution in [0, 0.1) is 13.8 Å². The second-order valence-corrected chi connectivity index (χ2v) is 7.56. The molecule has 8 heteroatoms. The van der Waals surface area contributed by atoms with Gasteiger partial charge in [-0.1, -0.05) is 36.4 Å². The molecule has 136 valence electrons. The van der Waals surface area contributed by atoms with Crippen molar-refractivity contribution in [2.45, 2.75) is 30.5 Å². The SMILES string of the molecule is Cc1ccc(S(=O)(=O)NCC(O)(c2ccccc2)C(F)(F)F)cc1C. The Morgan fingerprint density at radius 1 is 1.00 bits per heavy atom. The summed E-state index contributed by atoms with van der Waals surface area (Å²) in [5.41, 5.74) is -2.22. The molecule has 0 fully saturated rings. The summed E-state index contributed by atoms with van der Waals surface area (Å²) in [7, 11) is -4.21. The predicted octanol–water partition coefficient (Wildman–Crippen LogP) is 3.03. The molecule has 4 nitrogen and oxygen atoms in total. The van der Waals surface area contributed by atoms with Gasteiger partial charge in [0.2, 0.25) is 10.0 Å². The minimum absolute atomic E-state index is 0.159. The van der Waals surface area contributed by atoms with Gasteiger partial charge in [-0.15, -0.1) is 0 Å². The zero-order chi connectivity index (χ0) is 18.9. The number of sulfonamides is 1. The van der Waals surface area contributed by atoms with Crippen LogP contribution in [0.1, 0.15) is 16.7 Å². The second kappa shape index (κ2) is 6.78. The largest absolute Gasteiger partial charge is 0.422 e. The first-order chi connectivity index (χ1) is 11.5. The lowest BCUT2D eigenvalue weighted by molar-refractivity contribution is -0.263. The molecule has 0 amide bonds. The van der Waals surface area contributed by atoms with Crippen LogP contribution in [0.3, 0.4) is 0 Å². The monoisotopic (exact) mass is 373 g/mol. The van der Waals surface area contributed by atoms with Crippen LogP contribution in [0.15, 0.2) is 53.4 Å². The average Bonchev–Trinajstić information content (AvgIpc) is 2.55. The summed E-state index contributed by atoms with van der Waals surface area (Å²) in [5, 5.41) is 10.2. The molecule has 0 aliphatic carbocycles. The minimum atomic E-state index is -5.06. The van der Waals surface area contributed by atoms with Crippen molar-refractivity contribution >= 4 is 10.0 Å². The van der Waals surface area contributed by atoms with E-state index in [0.29, 0.717) is 5.56 Å². The van der Waals surface area contributed by atoms with Crippen LogP contribution in [0.4, 0.5) is 13.2 Å². The Balaban J connectivity index is 2.33. The molecule has 0 radical (unpaired) electrons. The molecule has 0 saturated carbocycles. The molecule has 0 aliphatic rings. The average molecular weight is 373 g/mol. The molecule has 0 heterocycles. The molecule has 25 heavy (non-hydrogen) atoms. The summed E-state index contributed by atoms with van der Waals surface area (Å²) in [4.78, 5) is -0.159. The first-order valence-electron chi connectivity index (χ1n) is 7.39. The molecule has 2 aromatic carbocycles. The van der Waals surface area contributed by atoms with Crippen molar-refractivity contribution in [1.29, 1.82) is 0 Å². The Bertz CT molecular complexity index is 851. The summed E-state index contributed by atoms with van der Waals surface area (Å²) < 4.78 is 66.7. The lowest BCUT2D eigenvalue weighted by Crippen LogP contribution is -2.51. The molecule has 2 rings (SSSR count). The van der Waals surface area contributed by atoms with Crippen molar-refractivity contribution in [3.63, 3.8) is 0 Å². The van der Waals surface area contributed by atoms with E-state index in [2.05, 4.69) is 0 Å². The summed E-state index contributed by atoms with van der Waals surface area (Å²) >= 11 is 0. The number of nitrogens with one attached hydrogen (secondary N) is 1. The van der Waals surface area contributed by atoms with Crippen LogP contribution < -0.4 is 4.72 Å². The zero-order valence-electron chi connectivity index (χ0n) is 13.6. The molecule has 2 N–H and O–H groups in total. The standard InChI is InChI=1S/C17H18F3NO3S/c1-12-8-9-15(10-13(12)2)25(23,24)21-11-16(22,17(18,19)20)14-6-4-3-5-7-14/h3-10,21-22H,11H2,1-2H3. The smallest absolute Gasteiger partial charge is 0.375 e. The Morgan fingerprint density at radius 3 is 2.12 bits per heavy atom. The fourth-order valence-corrected chi connectivity index (χ4v) is 3.39. The molecule has 0 aromatic heterocycles. The Labute approximate surface area is 144 Å². The highest BCUT2D eigenvalue weighted by atomic mass is 32.2. The van der Waals surface area contributed by atoms with Crippen molar-refractivity contribution < 1.29 is 26.7 Å². The molecule has 1 atom stereocenters. The van der Waals surface area contributed by atoms with Crippen LogP contribution >= 0.6 is 0 Å². The van der Waals surface area contributed by atoms with Gasteiger partial charge in [-0.3, -0.25) is 0 Å². The molecular weight excluding hydrogens is 355 g/mol. The van der Waals surface area contributed by atoms with E-state index in [1.807, 2.05) is 4.72 Å². The third-order valence-corrected chi connectivity index (χ3v) is 5.43. The van der Waals surface area contributed by atoms with Gasteiger partial charge in [0.25, 0.3) is 0 Å². The lowest BCUT2D eigenvalue weighted by Gasteiger charge is -2.31. The topological polar surface area (TPSA) is 66.4 Å². The van der Waals surface area contributed by atoms with E-state index in [0.717, 1.165) is 17.7 Å². The van der Waals surface area contributed by atoms with Crippen molar-refractivity contribution in [3.05, 3.63) is 65.2 Å². The van der Waals surface area contributed by atoms with Crippen LogP contribution in [0.5, 0.6) is 0 Å². The number of hydrogen-bond donors (Lipinski definition) is 2. The quantitative estimate of drug-likeness (QED) is 0.847. The van der Waals surface area contributed by atoms with E-state index in [4.69, 9.17) is 0 Å². The van der Waals surface area contributed by atoms with Gasteiger partial charge < -0.3 is 5.11 Å².